The second-order valence-corrected chi connectivity index (χ2v) is 11.1. The fraction of sp³-hybridized carbons (Fsp3) is 0.100. The van der Waals surface area contributed by atoms with Crippen molar-refractivity contribution < 1.29 is 4.74 Å². The van der Waals surface area contributed by atoms with Crippen molar-refractivity contribution in [3.8, 4) is 17.2 Å². The minimum absolute atomic E-state index is 0.798. The van der Waals surface area contributed by atoms with E-state index in [1.54, 1.807) is 0 Å². The van der Waals surface area contributed by atoms with Gasteiger partial charge in [-0.2, -0.15) is 0 Å². The van der Waals surface area contributed by atoms with E-state index in [0.29, 0.717) is 0 Å². The molecule has 0 unspecified atom stereocenters. The maximum Gasteiger partial charge on any atom is 0.127 e. The second kappa shape index (κ2) is 10.4. The van der Waals surface area contributed by atoms with Crippen molar-refractivity contribution in [2.45, 2.75) is 26.2 Å². The van der Waals surface area contributed by atoms with Gasteiger partial charge in [-0.15, -0.1) is 5.73 Å². The van der Waals surface area contributed by atoms with Gasteiger partial charge >= 0.3 is 0 Å². The van der Waals surface area contributed by atoms with E-state index in [1.807, 2.05) is 24.3 Å². The van der Waals surface area contributed by atoms with Crippen molar-refractivity contribution in [1.29, 1.82) is 0 Å². The number of rotatable bonds is 4. The van der Waals surface area contributed by atoms with Gasteiger partial charge in [-0.05, 0) is 104 Å². The van der Waals surface area contributed by atoms with Gasteiger partial charge in [0.1, 0.15) is 11.5 Å². The molecular formula is C40H30N2O. The summed E-state index contributed by atoms with van der Waals surface area (Å²) in [6.07, 6.45) is 24.5. The molecule has 206 valence electrons. The normalized spacial score (nSPS) is 17.9. The minimum Gasteiger partial charge on any atom is -0.457 e. The van der Waals surface area contributed by atoms with Gasteiger partial charge in [0, 0.05) is 39.7 Å². The van der Waals surface area contributed by atoms with Crippen LogP contribution in [0.2, 0.25) is 0 Å². The summed E-state index contributed by atoms with van der Waals surface area (Å²) in [7, 11) is 0. The molecule has 0 N–H and O–H groups in total. The molecule has 2 bridgehead atoms. The van der Waals surface area contributed by atoms with E-state index in [-0.39, 0.29) is 0 Å². The van der Waals surface area contributed by atoms with Crippen LogP contribution in [0.4, 0.5) is 5.69 Å². The van der Waals surface area contributed by atoms with Gasteiger partial charge in [-0.3, -0.25) is 0 Å². The Balaban J connectivity index is 1.11. The summed E-state index contributed by atoms with van der Waals surface area (Å²) in [5.74, 6) is 1.62. The maximum atomic E-state index is 6.38. The molecule has 0 amide bonds. The molecule has 0 atom stereocenters. The first-order valence-electron chi connectivity index (χ1n) is 14.9. The minimum atomic E-state index is 0.798. The molecule has 3 nitrogen and oxygen atoms in total. The molecule has 43 heavy (non-hydrogen) atoms. The number of anilines is 1. The van der Waals surface area contributed by atoms with E-state index in [1.165, 1.54) is 33.4 Å². The molecular weight excluding hydrogens is 524 g/mol. The smallest absolute Gasteiger partial charge is 0.127 e. The van der Waals surface area contributed by atoms with E-state index >= 15 is 0 Å². The topological polar surface area (TPSA) is 17.4 Å². The summed E-state index contributed by atoms with van der Waals surface area (Å²) in [5, 5.41) is 1.35. The fourth-order valence-electron chi connectivity index (χ4n) is 6.45. The number of allylic oxidation sites excluding steroid dienone is 9. The third kappa shape index (κ3) is 4.40. The zero-order chi connectivity index (χ0) is 28.8. The monoisotopic (exact) mass is 554 g/mol. The third-order valence-electron chi connectivity index (χ3n) is 8.42. The molecule has 1 aromatic heterocycles. The van der Waals surface area contributed by atoms with E-state index in [9.17, 15) is 0 Å². The van der Waals surface area contributed by atoms with E-state index in [4.69, 9.17) is 4.74 Å². The van der Waals surface area contributed by atoms with Crippen LogP contribution in [0.3, 0.4) is 0 Å². The number of nitrogens with zero attached hydrogens (tertiary/aromatic N) is 2. The van der Waals surface area contributed by atoms with Gasteiger partial charge in [0.2, 0.25) is 0 Å². The molecule has 4 aliphatic rings. The first-order chi connectivity index (χ1) is 21.2. The summed E-state index contributed by atoms with van der Waals surface area (Å²) < 4.78 is 8.78. The fourth-order valence-corrected chi connectivity index (χ4v) is 6.45. The van der Waals surface area contributed by atoms with Crippen molar-refractivity contribution in [3.05, 3.63) is 172 Å². The Morgan fingerprint density at radius 2 is 1.70 bits per heavy atom. The van der Waals surface area contributed by atoms with E-state index < -0.39 is 0 Å². The number of aromatic nitrogens is 1. The number of benzene rings is 3. The van der Waals surface area contributed by atoms with Crippen LogP contribution < -0.4 is 9.64 Å². The van der Waals surface area contributed by atoms with Crippen molar-refractivity contribution >= 4 is 22.7 Å². The van der Waals surface area contributed by atoms with Crippen LogP contribution >= 0.6 is 0 Å². The molecule has 0 saturated carbocycles. The molecule has 0 fully saturated rings. The van der Waals surface area contributed by atoms with Crippen molar-refractivity contribution in [2.75, 3.05) is 4.90 Å². The number of fused-ring (bicyclic) bond motifs is 4. The van der Waals surface area contributed by atoms with E-state index in [0.717, 1.165) is 59.0 Å². The van der Waals surface area contributed by atoms with Gasteiger partial charge in [0.15, 0.2) is 0 Å². The van der Waals surface area contributed by atoms with Gasteiger partial charge in [-0.25, -0.2) is 0 Å². The molecule has 8 rings (SSSR count). The van der Waals surface area contributed by atoms with Crippen molar-refractivity contribution in [1.82, 2.24) is 4.57 Å². The lowest BCUT2D eigenvalue weighted by Gasteiger charge is -2.30. The van der Waals surface area contributed by atoms with Crippen LogP contribution in [-0.4, -0.2) is 4.57 Å². The number of hydrogen-bond donors (Lipinski definition) is 0. The summed E-state index contributed by atoms with van der Waals surface area (Å²) in [5.41, 5.74) is 18.6. The highest BCUT2D eigenvalue weighted by molar-refractivity contribution is 5.91. The van der Waals surface area contributed by atoms with Crippen LogP contribution in [-0.2, 0) is 6.42 Å². The van der Waals surface area contributed by atoms with Crippen LogP contribution in [0.25, 0.3) is 22.7 Å². The number of hydrogen-bond acceptors (Lipinski definition) is 2. The Kier molecular flexibility index (Phi) is 6.12. The lowest BCUT2D eigenvalue weighted by atomic mass is 9.96. The first kappa shape index (κ1) is 25.3. The number of ether oxygens (including phenoxy) is 1. The molecule has 4 aromatic rings. The Morgan fingerprint density at radius 1 is 0.837 bits per heavy atom. The highest BCUT2D eigenvalue weighted by Gasteiger charge is 2.23. The molecule has 0 saturated heterocycles. The average Bonchev–Trinajstić information content (AvgIpc) is 3.15. The molecule has 3 aromatic carbocycles. The Labute approximate surface area is 252 Å². The molecule has 3 heteroatoms. The predicted molar refractivity (Wildman–Crippen MR) is 177 cm³/mol. The van der Waals surface area contributed by atoms with Crippen LogP contribution in [0.5, 0.6) is 11.5 Å². The van der Waals surface area contributed by atoms with Gasteiger partial charge in [0.05, 0.1) is 16.9 Å². The van der Waals surface area contributed by atoms with Gasteiger partial charge < -0.3 is 14.2 Å². The lowest BCUT2D eigenvalue weighted by molar-refractivity contribution is 0.482. The zero-order valence-corrected chi connectivity index (χ0v) is 24.0. The summed E-state index contributed by atoms with van der Waals surface area (Å²) in [6, 6.07) is 23.4. The highest BCUT2D eigenvalue weighted by atomic mass is 16.5. The van der Waals surface area contributed by atoms with E-state index in [2.05, 4.69) is 131 Å². The highest BCUT2D eigenvalue weighted by Crippen LogP contribution is 2.38. The quantitative estimate of drug-likeness (QED) is 0.234. The molecule has 0 radical (unpaired) electrons. The Hall–Kier alpha value is -5.46. The second-order valence-electron chi connectivity index (χ2n) is 11.1. The average molecular weight is 555 g/mol. The van der Waals surface area contributed by atoms with Crippen LogP contribution in [0.15, 0.2) is 155 Å². The summed E-state index contributed by atoms with van der Waals surface area (Å²) in [6.45, 7) is 2.16. The molecule has 3 aliphatic carbocycles. The lowest BCUT2D eigenvalue weighted by Crippen LogP contribution is -2.23. The zero-order valence-electron chi connectivity index (χ0n) is 24.0. The van der Waals surface area contributed by atoms with Crippen molar-refractivity contribution in [3.63, 3.8) is 0 Å². The van der Waals surface area contributed by atoms with Crippen molar-refractivity contribution in [2.24, 2.45) is 0 Å². The molecule has 2 heterocycles. The number of para-hydroxylation sites is 1. The first-order valence-corrected chi connectivity index (χ1v) is 14.9. The van der Waals surface area contributed by atoms with Gasteiger partial charge in [-0.1, -0.05) is 60.4 Å². The Morgan fingerprint density at radius 3 is 2.60 bits per heavy atom. The molecule has 0 spiro atoms. The largest absolute Gasteiger partial charge is 0.457 e. The molecule has 1 aliphatic heterocycles. The predicted octanol–water partition coefficient (Wildman–Crippen LogP) is 9.97. The maximum absolute atomic E-state index is 6.38. The van der Waals surface area contributed by atoms with Crippen LogP contribution in [0.1, 0.15) is 29.7 Å². The summed E-state index contributed by atoms with van der Waals surface area (Å²) in [4.78, 5) is 2.24. The third-order valence-corrected chi connectivity index (χ3v) is 8.42. The standard InChI is InChI=1S/C40H30N2O/c1-28-26-33(24-25-37(28)42-39-18-10-8-15-35(39)36-16-9-11-19-40(36)42)43-32-22-20-30(21-23-32)41-31-13-5-2-4-12-29(27-31)34-14-6-3-7-17-38(34)41/h3-6,8,10-15,17-26H,2,9,16H2,1H3/b12-4-,13-5-. The Bertz CT molecular complexity index is 2090. The van der Waals surface area contributed by atoms with Crippen LogP contribution in [0, 0.1) is 6.92 Å². The van der Waals surface area contributed by atoms with Gasteiger partial charge in [0.25, 0.3) is 0 Å². The SMILES string of the molecule is Cc1cc(Oc2ccc(N3C4=C=C(/C=C\C/C=C\4)C4=C3C=C=CC=C4)cc2)ccc1-n1c2c(c3ccccc31)CCC=C2. The number of aryl methyl sites for hydroxylation is 2. The summed E-state index contributed by atoms with van der Waals surface area (Å²) >= 11 is 0.